The SMILES string of the molecule is O=C(/C=C/c1cccc(Br)c1)N1CCCC1c1ccc2c(c1)OCCO2. The fourth-order valence-electron chi connectivity index (χ4n) is 3.52. The van der Waals surface area contributed by atoms with Crippen molar-refractivity contribution in [3.05, 3.63) is 64.1 Å². The Bertz CT molecular complexity index is 849. The molecule has 1 saturated heterocycles. The number of ether oxygens (including phenoxy) is 2. The smallest absolute Gasteiger partial charge is 0.247 e. The lowest BCUT2D eigenvalue weighted by Gasteiger charge is -2.26. The van der Waals surface area contributed by atoms with Crippen LogP contribution in [0.2, 0.25) is 0 Å². The minimum absolute atomic E-state index is 0.0439. The van der Waals surface area contributed by atoms with E-state index in [2.05, 4.69) is 15.9 Å². The van der Waals surface area contributed by atoms with E-state index in [1.807, 2.05) is 53.4 Å². The summed E-state index contributed by atoms with van der Waals surface area (Å²) in [5.41, 5.74) is 2.11. The zero-order chi connectivity index (χ0) is 17.9. The van der Waals surface area contributed by atoms with E-state index in [0.29, 0.717) is 13.2 Å². The number of carbonyl (C=O) groups excluding carboxylic acids is 1. The highest BCUT2D eigenvalue weighted by Gasteiger charge is 2.29. The molecular formula is C21H20BrNO3. The van der Waals surface area contributed by atoms with Crippen LogP contribution in [0.4, 0.5) is 0 Å². The van der Waals surface area contributed by atoms with Crippen molar-refractivity contribution in [2.24, 2.45) is 0 Å². The predicted octanol–water partition coefficient (Wildman–Crippen LogP) is 4.60. The normalized spacial score (nSPS) is 19.1. The number of rotatable bonds is 3. The van der Waals surface area contributed by atoms with E-state index in [0.717, 1.165) is 46.5 Å². The molecule has 1 amide bonds. The third-order valence-corrected chi connectivity index (χ3v) is 5.25. The van der Waals surface area contributed by atoms with Crippen LogP contribution in [-0.2, 0) is 4.79 Å². The van der Waals surface area contributed by atoms with Crippen molar-refractivity contribution in [1.82, 2.24) is 4.90 Å². The average Bonchev–Trinajstić information content (AvgIpc) is 3.16. The second-order valence-corrected chi connectivity index (χ2v) is 7.40. The summed E-state index contributed by atoms with van der Waals surface area (Å²) < 4.78 is 12.3. The number of hydrogen-bond donors (Lipinski definition) is 0. The molecule has 2 aromatic carbocycles. The molecule has 0 aliphatic carbocycles. The van der Waals surface area contributed by atoms with Crippen molar-refractivity contribution >= 4 is 27.9 Å². The van der Waals surface area contributed by atoms with E-state index in [9.17, 15) is 4.79 Å². The molecule has 5 heteroatoms. The van der Waals surface area contributed by atoms with E-state index < -0.39 is 0 Å². The van der Waals surface area contributed by atoms with Crippen molar-refractivity contribution in [2.45, 2.75) is 18.9 Å². The molecule has 0 saturated carbocycles. The maximum atomic E-state index is 12.7. The van der Waals surface area contributed by atoms with Crippen molar-refractivity contribution in [2.75, 3.05) is 19.8 Å². The molecule has 0 spiro atoms. The Balaban J connectivity index is 1.52. The third-order valence-electron chi connectivity index (χ3n) is 4.75. The van der Waals surface area contributed by atoms with Crippen LogP contribution in [0.3, 0.4) is 0 Å². The van der Waals surface area contributed by atoms with Crippen molar-refractivity contribution in [1.29, 1.82) is 0 Å². The number of benzene rings is 2. The first-order chi connectivity index (χ1) is 12.7. The first kappa shape index (κ1) is 17.2. The van der Waals surface area contributed by atoms with Crippen molar-refractivity contribution in [3.8, 4) is 11.5 Å². The molecule has 4 rings (SSSR count). The highest BCUT2D eigenvalue weighted by molar-refractivity contribution is 9.10. The van der Waals surface area contributed by atoms with Gasteiger partial charge in [-0.05, 0) is 54.3 Å². The maximum absolute atomic E-state index is 12.7. The molecule has 0 radical (unpaired) electrons. The Morgan fingerprint density at radius 3 is 2.81 bits per heavy atom. The molecule has 134 valence electrons. The monoisotopic (exact) mass is 413 g/mol. The van der Waals surface area contributed by atoms with E-state index >= 15 is 0 Å². The maximum Gasteiger partial charge on any atom is 0.247 e. The Morgan fingerprint density at radius 2 is 1.96 bits per heavy atom. The molecule has 0 aromatic heterocycles. The molecule has 1 unspecified atom stereocenters. The third kappa shape index (κ3) is 3.63. The summed E-state index contributed by atoms with van der Waals surface area (Å²) in [6.07, 6.45) is 5.51. The Labute approximate surface area is 161 Å². The number of hydrogen-bond acceptors (Lipinski definition) is 3. The van der Waals surface area contributed by atoms with Gasteiger partial charge >= 0.3 is 0 Å². The Morgan fingerprint density at radius 1 is 1.12 bits per heavy atom. The first-order valence-corrected chi connectivity index (χ1v) is 9.64. The van der Waals surface area contributed by atoms with E-state index in [1.54, 1.807) is 6.08 Å². The largest absolute Gasteiger partial charge is 0.486 e. The molecule has 4 nitrogen and oxygen atoms in total. The van der Waals surface area contributed by atoms with Crippen LogP contribution in [0.15, 0.2) is 53.0 Å². The van der Waals surface area contributed by atoms with Gasteiger partial charge in [0.15, 0.2) is 11.5 Å². The average molecular weight is 414 g/mol. The van der Waals surface area contributed by atoms with Crippen LogP contribution in [0.1, 0.15) is 30.0 Å². The molecule has 2 aromatic rings. The van der Waals surface area contributed by atoms with Gasteiger partial charge in [-0.1, -0.05) is 34.1 Å². The van der Waals surface area contributed by atoms with Crippen LogP contribution >= 0.6 is 15.9 Å². The highest BCUT2D eigenvalue weighted by Crippen LogP contribution is 2.38. The topological polar surface area (TPSA) is 38.8 Å². The molecular weight excluding hydrogens is 394 g/mol. The number of halogens is 1. The molecule has 2 aliphatic heterocycles. The molecule has 1 atom stereocenters. The Kier molecular flexibility index (Phi) is 4.98. The van der Waals surface area contributed by atoms with Gasteiger partial charge in [0.05, 0.1) is 6.04 Å². The van der Waals surface area contributed by atoms with Crippen LogP contribution in [0.5, 0.6) is 11.5 Å². The molecule has 26 heavy (non-hydrogen) atoms. The van der Waals surface area contributed by atoms with Crippen LogP contribution < -0.4 is 9.47 Å². The molecule has 1 fully saturated rings. The summed E-state index contributed by atoms with van der Waals surface area (Å²) in [6, 6.07) is 14.0. The van der Waals surface area contributed by atoms with Crippen LogP contribution in [0, 0.1) is 0 Å². The second-order valence-electron chi connectivity index (χ2n) is 6.48. The number of likely N-dealkylation sites (tertiary alicyclic amines) is 1. The van der Waals surface area contributed by atoms with E-state index in [4.69, 9.17) is 9.47 Å². The van der Waals surface area contributed by atoms with Gasteiger partial charge in [-0.2, -0.15) is 0 Å². The van der Waals surface area contributed by atoms with Gasteiger partial charge in [0, 0.05) is 17.1 Å². The standard InChI is InChI=1S/C21H20BrNO3/c22-17-4-1-3-15(13-17)6-9-21(24)23-10-2-5-18(23)16-7-8-19-20(14-16)26-12-11-25-19/h1,3-4,6-9,13-14,18H,2,5,10-12H2/b9-6+. The van der Waals surface area contributed by atoms with Gasteiger partial charge in [-0.3, -0.25) is 4.79 Å². The van der Waals surface area contributed by atoms with Gasteiger partial charge in [0.25, 0.3) is 0 Å². The van der Waals surface area contributed by atoms with Gasteiger partial charge in [-0.15, -0.1) is 0 Å². The van der Waals surface area contributed by atoms with E-state index in [1.165, 1.54) is 0 Å². The number of fused-ring (bicyclic) bond motifs is 1. The van der Waals surface area contributed by atoms with E-state index in [-0.39, 0.29) is 11.9 Å². The van der Waals surface area contributed by atoms with Crippen LogP contribution in [0.25, 0.3) is 6.08 Å². The lowest BCUT2D eigenvalue weighted by atomic mass is 10.0. The molecule has 0 N–H and O–H groups in total. The van der Waals surface area contributed by atoms with Gasteiger partial charge in [0.1, 0.15) is 13.2 Å². The highest BCUT2D eigenvalue weighted by atomic mass is 79.9. The second kappa shape index (κ2) is 7.54. The zero-order valence-corrected chi connectivity index (χ0v) is 15.9. The lowest BCUT2D eigenvalue weighted by Crippen LogP contribution is -2.29. The zero-order valence-electron chi connectivity index (χ0n) is 14.4. The van der Waals surface area contributed by atoms with Crippen molar-refractivity contribution < 1.29 is 14.3 Å². The summed E-state index contributed by atoms with van der Waals surface area (Å²) in [6.45, 7) is 1.93. The first-order valence-electron chi connectivity index (χ1n) is 8.84. The minimum Gasteiger partial charge on any atom is -0.486 e. The lowest BCUT2D eigenvalue weighted by molar-refractivity contribution is -0.126. The Hall–Kier alpha value is -2.27. The van der Waals surface area contributed by atoms with Crippen molar-refractivity contribution in [3.63, 3.8) is 0 Å². The predicted molar refractivity (Wildman–Crippen MR) is 104 cm³/mol. The van der Waals surface area contributed by atoms with Gasteiger partial charge in [0.2, 0.25) is 5.91 Å². The minimum atomic E-state index is 0.0439. The summed E-state index contributed by atoms with van der Waals surface area (Å²) in [7, 11) is 0. The number of carbonyl (C=O) groups is 1. The summed E-state index contributed by atoms with van der Waals surface area (Å²) in [4.78, 5) is 14.7. The van der Waals surface area contributed by atoms with Gasteiger partial charge < -0.3 is 14.4 Å². The molecule has 2 aliphatic rings. The number of amides is 1. The quantitative estimate of drug-likeness (QED) is 0.690. The van der Waals surface area contributed by atoms with Gasteiger partial charge in [-0.25, -0.2) is 0 Å². The number of nitrogens with zero attached hydrogens (tertiary/aromatic N) is 1. The molecule has 0 bridgehead atoms. The summed E-state index contributed by atoms with van der Waals surface area (Å²) in [5.74, 6) is 1.60. The summed E-state index contributed by atoms with van der Waals surface area (Å²) in [5, 5.41) is 0. The molecule has 2 heterocycles. The van der Waals surface area contributed by atoms with Crippen LogP contribution in [-0.4, -0.2) is 30.6 Å². The fraction of sp³-hybridized carbons (Fsp3) is 0.286. The summed E-state index contributed by atoms with van der Waals surface area (Å²) >= 11 is 3.45. The fourth-order valence-corrected chi connectivity index (χ4v) is 3.93.